The Morgan fingerprint density at radius 1 is 0.857 bits per heavy atom. The molecule has 5 nitrogen and oxygen atoms in total. The van der Waals surface area contributed by atoms with E-state index in [-0.39, 0.29) is 6.61 Å². The Labute approximate surface area is 172 Å². The fraction of sp³-hybridized carbons (Fsp3) is 0.333. The van der Waals surface area contributed by atoms with Crippen LogP contribution in [-0.4, -0.2) is 33.3 Å². The van der Waals surface area contributed by atoms with Gasteiger partial charge in [0.25, 0.3) is 0 Å². The lowest BCUT2D eigenvalue weighted by molar-refractivity contribution is 0.289. The maximum atomic E-state index is 9.06. The van der Waals surface area contributed by atoms with Crippen LogP contribution in [0.5, 0.6) is 0 Å². The quantitative estimate of drug-likeness (QED) is 0.454. The third kappa shape index (κ3) is 3.89. The van der Waals surface area contributed by atoms with Gasteiger partial charge in [-0.25, -0.2) is 0 Å². The van der Waals surface area contributed by atoms with Gasteiger partial charge < -0.3 is 10.8 Å². The second kappa shape index (κ2) is 8.53. The SMILES string of the molecule is Cn1nc2c(-c3ccc(CCCN)s3)ccc(-c3ccc(CCCO)s3)c2n1. The van der Waals surface area contributed by atoms with Crippen molar-refractivity contribution in [1.29, 1.82) is 0 Å². The zero-order valence-electron chi connectivity index (χ0n) is 15.9. The molecule has 0 radical (unpaired) electrons. The molecule has 4 rings (SSSR count). The Kier molecular flexibility index (Phi) is 5.87. The highest BCUT2D eigenvalue weighted by atomic mass is 32.1. The molecule has 7 heteroatoms. The van der Waals surface area contributed by atoms with Gasteiger partial charge in [-0.2, -0.15) is 15.0 Å². The number of nitrogens with zero attached hydrogens (tertiary/aromatic N) is 3. The summed E-state index contributed by atoms with van der Waals surface area (Å²) in [5.74, 6) is 0. The van der Waals surface area contributed by atoms with E-state index in [0.29, 0.717) is 0 Å². The molecular weight excluding hydrogens is 388 g/mol. The highest BCUT2D eigenvalue weighted by Gasteiger charge is 2.16. The average Bonchev–Trinajstić information content (AvgIpc) is 3.43. The molecule has 0 spiro atoms. The maximum absolute atomic E-state index is 9.06. The lowest BCUT2D eigenvalue weighted by atomic mass is 10.1. The van der Waals surface area contributed by atoms with E-state index in [1.54, 1.807) is 16.1 Å². The monoisotopic (exact) mass is 412 g/mol. The number of nitrogens with two attached hydrogens (primary N) is 1. The summed E-state index contributed by atoms with van der Waals surface area (Å²) < 4.78 is 0. The van der Waals surface area contributed by atoms with Crippen LogP contribution in [0.1, 0.15) is 22.6 Å². The number of rotatable bonds is 8. The Balaban J connectivity index is 1.72. The Hall–Kier alpha value is -2.06. The van der Waals surface area contributed by atoms with E-state index in [2.05, 4.69) is 46.6 Å². The van der Waals surface area contributed by atoms with Crippen LogP contribution in [0, 0.1) is 0 Å². The summed E-state index contributed by atoms with van der Waals surface area (Å²) in [6.45, 7) is 0.946. The lowest BCUT2D eigenvalue weighted by Gasteiger charge is -2.03. The molecule has 0 aliphatic carbocycles. The van der Waals surface area contributed by atoms with E-state index in [9.17, 15) is 0 Å². The third-order valence-electron chi connectivity index (χ3n) is 4.70. The van der Waals surface area contributed by atoms with Crippen molar-refractivity contribution in [2.24, 2.45) is 12.8 Å². The number of fused-ring (bicyclic) bond motifs is 1. The molecule has 0 bridgehead atoms. The van der Waals surface area contributed by atoms with E-state index in [1.807, 2.05) is 18.4 Å². The minimum atomic E-state index is 0.227. The van der Waals surface area contributed by atoms with Gasteiger partial charge >= 0.3 is 0 Å². The molecule has 0 aliphatic heterocycles. The highest BCUT2D eigenvalue weighted by molar-refractivity contribution is 7.16. The molecule has 0 amide bonds. The fourth-order valence-electron chi connectivity index (χ4n) is 3.34. The molecule has 146 valence electrons. The molecule has 28 heavy (non-hydrogen) atoms. The number of aliphatic hydroxyl groups excluding tert-OH is 1. The normalized spacial score (nSPS) is 11.5. The van der Waals surface area contributed by atoms with Crippen molar-refractivity contribution in [3.63, 3.8) is 0 Å². The average molecular weight is 413 g/mol. The van der Waals surface area contributed by atoms with Crippen LogP contribution in [0.2, 0.25) is 0 Å². The van der Waals surface area contributed by atoms with Crippen LogP contribution in [0.3, 0.4) is 0 Å². The molecule has 0 atom stereocenters. The standard InChI is InChI=1S/C21H24N4OS2/c1-25-23-20-16(18-10-6-14(27-18)4-2-12-22)8-9-17(21(20)24-25)19-11-7-15(28-19)5-3-13-26/h6-11,26H,2-5,12-13,22H2,1H3. The van der Waals surface area contributed by atoms with Crippen molar-refractivity contribution in [1.82, 2.24) is 15.0 Å². The van der Waals surface area contributed by atoms with Crippen molar-refractivity contribution in [3.8, 4) is 20.9 Å². The second-order valence-electron chi connectivity index (χ2n) is 6.80. The van der Waals surface area contributed by atoms with Crippen LogP contribution >= 0.6 is 22.7 Å². The number of aliphatic hydroxyl groups is 1. The Bertz CT molecular complexity index is 996. The lowest BCUT2D eigenvalue weighted by Crippen LogP contribution is -1.99. The first kappa shape index (κ1) is 19.3. The molecule has 0 fully saturated rings. The third-order valence-corrected chi connectivity index (χ3v) is 7.06. The molecular formula is C21H24N4OS2. The topological polar surface area (TPSA) is 77.0 Å². The Morgan fingerprint density at radius 2 is 1.39 bits per heavy atom. The molecule has 0 saturated carbocycles. The summed E-state index contributed by atoms with van der Waals surface area (Å²) in [4.78, 5) is 6.71. The molecule has 3 aromatic heterocycles. The van der Waals surface area contributed by atoms with Gasteiger partial charge in [0.15, 0.2) is 0 Å². The van der Waals surface area contributed by atoms with Gasteiger partial charge in [0.05, 0.1) is 0 Å². The number of aromatic nitrogens is 3. The molecule has 3 N–H and O–H groups in total. The largest absolute Gasteiger partial charge is 0.396 e. The molecule has 3 heterocycles. The Morgan fingerprint density at radius 3 is 1.89 bits per heavy atom. The van der Waals surface area contributed by atoms with Gasteiger partial charge in [-0.05, 0) is 56.5 Å². The van der Waals surface area contributed by atoms with Gasteiger partial charge in [-0.3, -0.25) is 0 Å². The van der Waals surface area contributed by atoms with Crippen LogP contribution in [0.25, 0.3) is 31.9 Å². The summed E-state index contributed by atoms with van der Waals surface area (Å²) in [5, 5.41) is 18.4. The van der Waals surface area contributed by atoms with Gasteiger partial charge in [-0.1, -0.05) is 12.1 Å². The van der Waals surface area contributed by atoms with Crippen LogP contribution in [0.4, 0.5) is 0 Å². The maximum Gasteiger partial charge on any atom is 0.122 e. The van der Waals surface area contributed by atoms with E-state index in [4.69, 9.17) is 10.8 Å². The smallest absolute Gasteiger partial charge is 0.122 e. The van der Waals surface area contributed by atoms with Crippen molar-refractivity contribution in [3.05, 3.63) is 46.2 Å². The summed E-state index contributed by atoms with van der Waals surface area (Å²) in [5.41, 5.74) is 9.77. The summed E-state index contributed by atoms with van der Waals surface area (Å²) >= 11 is 3.58. The zero-order chi connectivity index (χ0) is 19.5. The molecule has 4 aromatic rings. The van der Waals surface area contributed by atoms with Gasteiger partial charge in [0.2, 0.25) is 0 Å². The molecule has 1 aromatic carbocycles. The van der Waals surface area contributed by atoms with Crippen LogP contribution < -0.4 is 5.73 Å². The first-order valence-electron chi connectivity index (χ1n) is 9.52. The summed E-state index contributed by atoms with van der Waals surface area (Å²) in [7, 11) is 1.87. The summed E-state index contributed by atoms with van der Waals surface area (Å²) in [6.07, 6.45) is 3.74. The number of thiophene rings is 2. The second-order valence-corrected chi connectivity index (χ2v) is 9.14. The predicted molar refractivity (Wildman–Crippen MR) is 118 cm³/mol. The number of hydrogen-bond acceptors (Lipinski definition) is 6. The van der Waals surface area contributed by atoms with Gasteiger partial charge in [0, 0.05) is 44.3 Å². The molecule has 0 unspecified atom stereocenters. The number of hydrogen-bond donors (Lipinski definition) is 2. The highest BCUT2D eigenvalue weighted by Crippen LogP contribution is 2.39. The fourth-order valence-corrected chi connectivity index (χ4v) is 5.49. The number of aryl methyl sites for hydroxylation is 3. The molecule has 0 saturated heterocycles. The van der Waals surface area contributed by atoms with Crippen molar-refractivity contribution >= 4 is 33.7 Å². The zero-order valence-corrected chi connectivity index (χ0v) is 17.5. The van der Waals surface area contributed by atoms with Gasteiger partial charge in [-0.15, -0.1) is 22.7 Å². The van der Waals surface area contributed by atoms with Crippen molar-refractivity contribution < 1.29 is 5.11 Å². The first-order valence-corrected chi connectivity index (χ1v) is 11.2. The van der Waals surface area contributed by atoms with Crippen LogP contribution in [-0.2, 0) is 19.9 Å². The minimum Gasteiger partial charge on any atom is -0.396 e. The van der Waals surface area contributed by atoms with E-state index in [1.165, 1.54) is 19.5 Å². The number of benzene rings is 1. The predicted octanol–water partition coefficient (Wildman–Crippen LogP) is 4.24. The van der Waals surface area contributed by atoms with E-state index in [0.717, 1.165) is 54.4 Å². The van der Waals surface area contributed by atoms with Crippen molar-refractivity contribution in [2.45, 2.75) is 25.7 Å². The van der Waals surface area contributed by atoms with Crippen molar-refractivity contribution in [2.75, 3.05) is 13.2 Å². The van der Waals surface area contributed by atoms with Gasteiger partial charge in [0.1, 0.15) is 11.0 Å². The van der Waals surface area contributed by atoms with Crippen LogP contribution in [0.15, 0.2) is 36.4 Å². The summed E-state index contributed by atoms with van der Waals surface area (Å²) in [6, 6.07) is 13.0. The molecule has 0 aliphatic rings. The first-order chi connectivity index (χ1) is 13.7. The minimum absolute atomic E-state index is 0.227. The van der Waals surface area contributed by atoms with E-state index >= 15 is 0 Å². The van der Waals surface area contributed by atoms with E-state index < -0.39 is 0 Å².